The Balaban J connectivity index is 1.78. The van der Waals surface area contributed by atoms with Crippen molar-refractivity contribution in [2.75, 3.05) is 19.6 Å². The summed E-state index contributed by atoms with van der Waals surface area (Å²) >= 11 is 6.56. The minimum atomic E-state index is -2.73. The highest BCUT2D eigenvalue weighted by Crippen LogP contribution is 2.38. The van der Waals surface area contributed by atoms with E-state index in [-0.39, 0.29) is 10.9 Å². The van der Waals surface area contributed by atoms with E-state index in [1.165, 1.54) is 10.4 Å². The first kappa shape index (κ1) is 23.6. The van der Waals surface area contributed by atoms with Gasteiger partial charge in [0.1, 0.15) is 5.75 Å². The molecule has 172 valence electrons. The molecule has 1 saturated heterocycles. The molecule has 0 unspecified atom stereocenters. The first-order valence-electron chi connectivity index (χ1n) is 11.4. The highest BCUT2D eigenvalue weighted by molar-refractivity contribution is 7.00. The van der Waals surface area contributed by atoms with Crippen molar-refractivity contribution in [2.24, 2.45) is 0 Å². The van der Waals surface area contributed by atoms with Crippen LogP contribution in [0.5, 0.6) is 5.75 Å². The van der Waals surface area contributed by atoms with E-state index >= 15 is 0 Å². The van der Waals surface area contributed by atoms with E-state index < -0.39 is 8.32 Å². The molecule has 4 nitrogen and oxygen atoms in total. The number of piperazine rings is 1. The zero-order valence-electron chi connectivity index (χ0n) is 19.5. The Bertz CT molecular complexity index is 1060. The Labute approximate surface area is 202 Å². The van der Waals surface area contributed by atoms with Crippen LogP contribution in [-0.2, 0) is 11.3 Å². The van der Waals surface area contributed by atoms with Gasteiger partial charge < -0.3 is 14.6 Å². The Morgan fingerprint density at radius 3 is 2.12 bits per heavy atom. The Hall–Kier alpha value is -2.60. The van der Waals surface area contributed by atoms with Gasteiger partial charge in [-0.15, -0.1) is 0 Å². The molecule has 3 aromatic rings. The van der Waals surface area contributed by atoms with Crippen molar-refractivity contribution in [1.82, 2.24) is 10.2 Å². The quantitative estimate of drug-likeness (QED) is 0.539. The van der Waals surface area contributed by atoms with E-state index in [2.05, 4.69) is 74.6 Å². The van der Waals surface area contributed by atoms with Crippen LogP contribution >= 0.6 is 11.6 Å². The predicted molar refractivity (Wildman–Crippen MR) is 138 cm³/mol. The molecule has 0 spiro atoms. The van der Waals surface area contributed by atoms with Crippen LogP contribution in [0, 0.1) is 0 Å². The lowest BCUT2D eigenvalue weighted by Crippen LogP contribution is -2.68. The predicted octanol–water partition coefficient (Wildman–Crippen LogP) is 4.21. The average molecular weight is 479 g/mol. The van der Waals surface area contributed by atoms with E-state index in [0.717, 1.165) is 17.9 Å². The Morgan fingerprint density at radius 2 is 1.58 bits per heavy atom. The standard InChI is InChI=1S/C27H31ClN2O2Si/c1-27(2,3)33(23-10-6-4-7-11-23,24-12-8-5-9-13-24)32-22-14-15-25(28)21(18-22)20-30-17-16-29-19-26(30)31/h4-15,18,29H,16-17,19-20H2,1-3H3. The summed E-state index contributed by atoms with van der Waals surface area (Å²) in [5, 5.41) is 6.07. The number of nitrogens with one attached hydrogen (secondary N) is 1. The van der Waals surface area contributed by atoms with Gasteiger partial charge in [-0.2, -0.15) is 0 Å². The molecule has 0 aliphatic carbocycles. The summed E-state index contributed by atoms with van der Waals surface area (Å²) < 4.78 is 7.11. The van der Waals surface area contributed by atoms with E-state index in [0.29, 0.717) is 24.7 Å². The summed E-state index contributed by atoms with van der Waals surface area (Å²) in [7, 11) is -2.73. The monoisotopic (exact) mass is 478 g/mol. The summed E-state index contributed by atoms with van der Waals surface area (Å²) in [5.74, 6) is 0.877. The normalized spacial score (nSPS) is 14.9. The van der Waals surface area contributed by atoms with Crippen molar-refractivity contribution >= 4 is 36.2 Å². The molecule has 0 saturated carbocycles. The van der Waals surface area contributed by atoms with Crippen LogP contribution < -0.4 is 20.1 Å². The number of benzene rings is 3. The molecule has 0 aromatic heterocycles. The zero-order valence-corrected chi connectivity index (χ0v) is 21.2. The summed E-state index contributed by atoms with van der Waals surface area (Å²) in [6.45, 7) is 9.10. The molecule has 33 heavy (non-hydrogen) atoms. The van der Waals surface area contributed by atoms with Crippen molar-refractivity contribution in [1.29, 1.82) is 0 Å². The maximum atomic E-state index is 12.3. The number of nitrogens with zero attached hydrogens (tertiary/aromatic N) is 1. The molecule has 6 heteroatoms. The molecule has 1 aliphatic heterocycles. The zero-order chi connectivity index (χ0) is 23.5. The number of hydrogen-bond donors (Lipinski definition) is 1. The first-order valence-corrected chi connectivity index (χ1v) is 13.7. The molecule has 0 bridgehead atoms. The molecule has 1 amide bonds. The van der Waals surface area contributed by atoms with Crippen LogP contribution in [0.4, 0.5) is 0 Å². The van der Waals surface area contributed by atoms with Gasteiger partial charge in [-0.25, -0.2) is 0 Å². The van der Waals surface area contributed by atoms with E-state index in [1.807, 2.05) is 35.2 Å². The van der Waals surface area contributed by atoms with Crippen molar-refractivity contribution in [3.8, 4) is 5.75 Å². The average Bonchev–Trinajstić information content (AvgIpc) is 2.81. The maximum Gasteiger partial charge on any atom is 0.319 e. The second-order valence-corrected chi connectivity index (χ2v) is 14.1. The van der Waals surface area contributed by atoms with E-state index in [1.54, 1.807) is 0 Å². The Kier molecular flexibility index (Phi) is 6.93. The minimum Gasteiger partial charge on any atom is -0.534 e. The maximum absolute atomic E-state index is 12.3. The summed E-state index contributed by atoms with van der Waals surface area (Å²) in [5.41, 5.74) is 0.905. The SMILES string of the molecule is CC(C)(C)[Si](Oc1ccc(Cl)c(CN2CCNCC2=O)c1)(c1ccccc1)c1ccccc1. The van der Waals surface area contributed by atoms with Gasteiger partial charge in [0.05, 0.1) is 6.54 Å². The fourth-order valence-corrected chi connectivity index (χ4v) is 9.17. The minimum absolute atomic E-state index is 0.0932. The summed E-state index contributed by atoms with van der Waals surface area (Å²) in [4.78, 5) is 14.2. The van der Waals surface area contributed by atoms with Gasteiger partial charge in [-0.1, -0.05) is 93.0 Å². The number of halogens is 1. The van der Waals surface area contributed by atoms with Gasteiger partial charge in [0.25, 0.3) is 0 Å². The number of amides is 1. The van der Waals surface area contributed by atoms with Crippen LogP contribution in [0.2, 0.25) is 10.1 Å². The third kappa shape index (κ3) is 4.86. The molecular formula is C27H31ClN2O2Si. The lowest BCUT2D eigenvalue weighted by molar-refractivity contribution is -0.132. The fraction of sp³-hybridized carbons (Fsp3) is 0.296. The second kappa shape index (κ2) is 9.72. The number of carbonyl (C=O) groups is 1. The van der Waals surface area contributed by atoms with Crippen molar-refractivity contribution < 1.29 is 9.22 Å². The molecule has 4 rings (SSSR count). The van der Waals surface area contributed by atoms with Crippen molar-refractivity contribution in [3.63, 3.8) is 0 Å². The molecular weight excluding hydrogens is 448 g/mol. The molecule has 1 N–H and O–H groups in total. The van der Waals surface area contributed by atoms with Crippen LogP contribution in [0.1, 0.15) is 26.3 Å². The highest BCUT2D eigenvalue weighted by Gasteiger charge is 2.52. The highest BCUT2D eigenvalue weighted by atomic mass is 35.5. The third-order valence-corrected chi connectivity index (χ3v) is 11.6. The largest absolute Gasteiger partial charge is 0.534 e. The second-order valence-electron chi connectivity index (χ2n) is 9.51. The number of carbonyl (C=O) groups excluding carboxylic acids is 1. The lowest BCUT2D eigenvalue weighted by atomic mass is 10.2. The number of hydrogen-bond acceptors (Lipinski definition) is 3. The van der Waals surface area contributed by atoms with Gasteiger partial charge in [0.15, 0.2) is 0 Å². The number of rotatable bonds is 6. The summed E-state index contributed by atoms with van der Waals surface area (Å²) in [6, 6.07) is 27.0. The fourth-order valence-electron chi connectivity index (χ4n) is 4.58. The van der Waals surface area contributed by atoms with Crippen LogP contribution in [-0.4, -0.2) is 38.8 Å². The Morgan fingerprint density at radius 1 is 0.970 bits per heavy atom. The van der Waals surface area contributed by atoms with Gasteiger partial charge in [-0.3, -0.25) is 4.79 Å². The van der Waals surface area contributed by atoms with Crippen LogP contribution in [0.15, 0.2) is 78.9 Å². The topological polar surface area (TPSA) is 41.6 Å². The molecule has 1 aliphatic rings. The molecule has 1 heterocycles. The van der Waals surface area contributed by atoms with Gasteiger partial charge in [0, 0.05) is 24.7 Å². The first-order chi connectivity index (χ1) is 15.8. The lowest BCUT2D eigenvalue weighted by Gasteiger charge is -2.43. The smallest absolute Gasteiger partial charge is 0.319 e. The van der Waals surface area contributed by atoms with Crippen molar-refractivity contribution in [3.05, 3.63) is 89.4 Å². The van der Waals surface area contributed by atoms with E-state index in [9.17, 15) is 4.79 Å². The van der Waals surface area contributed by atoms with Crippen molar-refractivity contribution in [2.45, 2.75) is 32.4 Å². The molecule has 3 aromatic carbocycles. The third-order valence-electron chi connectivity index (χ3n) is 6.25. The van der Waals surface area contributed by atoms with E-state index in [4.69, 9.17) is 16.0 Å². The summed E-state index contributed by atoms with van der Waals surface area (Å²) in [6.07, 6.45) is 0. The van der Waals surface area contributed by atoms with Gasteiger partial charge >= 0.3 is 8.32 Å². The molecule has 0 atom stereocenters. The molecule has 0 radical (unpaired) electrons. The van der Waals surface area contributed by atoms with Gasteiger partial charge in [0.2, 0.25) is 5.91 Å². The van der Waals surface area contributed by atoms with Crippen LogP contribution in [0.3, 0.4) is 0 Å². The van der Waals surface area contributed by atoms with Gasteiger partial charge in [-0.05, 0) is 39.2 Å². The molecule has 1 fully saturated rings. The van der Waals surface area contributed by atoms with Crippen LogP contribution in [0.25, 0.3) is 0 Å².